The van der Waals surface area contributed by atoms with Crippen molar-refractivity contribution in [2.24, 2.45) is 0 Å². The van der Waals surface area contributed by atoms with Crippen LogP contribution in [-0.4, -0.2) is 0 Å². The van der Waals surface area contributed by atoms with Gasteiger partial charge in [0.2, 0.25) is 0 Å². The largest absolute Gasteiger partial charge is 0.206 e. The lowest BCUT2D eigenvalue weighted by molar-refractivity contribution is 0.630. The summed E-state index contributed by atoms with van der Waals surface area (Å²) < 4.78 is 13.5. The fraction of sp³-hybridized carbons (Fsp3) is 0.0769. The summed E-state index contributed by atoms with van der Waals surface area (Å²) in [6.07, 6.45) is 0. The summed E-state index contributed by atoms with van der Waals surface area (Å²) in [5.74, 6) is -0.156. The van der Waals surface area contributed by atoms with E-state index in [1.54, 1.807) is 6.07 Å². The molecule has 0 amide bonds. The highest BCUT2D eigenvalue weighted by Crippen LogP contribution is 2.25. The standard InChI is InChI=1S/C13H11F/c1-10-6-5-9-12(14)13(10)11-7-3-2-4-8-11/h2-9H,1H3. The molecular weight excluding hydrogens is 175 g/mol. The van der Waals surface area contributed by atoms with Crippen LogP contribution >= 0.6 is 0 Å². The third kappa shape index (κ3) is 1.53. The molecule has 0 aliphatic rings. The molecule has 0 radical (unpaired) electrons. The zero-order chi connectivity index (χ0) is 9.97. The Labute approximate surface area is 83.0 Å². The molecule has 0 nitrogen and oxygen atoms in total. The molecule has 0 N–H and O–H groups in total. The van der Waals surface area contributed by atoms with Gasteiger partial charge in [-0.05, 0) is 24.1 Å². The minimum atomic E-state index is -0.156. The van der Waals surface area contributed by atoms with Crippen LogP contribution in [-0.2, 0) is 0 Å². The van der Waals surface area contributed by atoms with Crippen LogP contribution in [0.15, 0.2) is 48.5 Å². The summed E-state index contributed by atoms with van der Waals surface area (Å²) in [5, 5.41) is 0. The Balaban J connectivity index is 2.63. The van der Waals surface area contributed by atoms with Gasteiger partial charge in [0.05, 0.1) is 0 Å². The average Bonchev–Trinajstić information content (AvgIpc) is 2.19. The molecule has 0 atom stereocenters. The lowest BCUT2D eigenvalue weighted by atomic mass is 10.0. The zero-order valence-electron chi connectivity index (χ0n) is 8.00. The van der Waals surface area contributed by atoms with Gasteiger partial charge in [-0.3, -0.25) is 0 Å². The number of hydrogen-bond donors (Lipinski definition) is 0. The van der Waals surface area contributed by atoms with Crippen LogP contribution in [0, 0.1) is 12.7 Å². The number of hydrogen-bond acceptors (Lipinski definition) is 0. The Morgan fingerprint density at radius 1 is 0.857 bits per heavy atom. The highest BCUT2D eigenvalue weighted by Gasteiger charge is 2.06. The third-order valence-electron chi connectivity index (χ3n) is 2.28. The SMILES string of the molecule is Cc1cccc(F)c1-c1ccccc1. The van der Waals surface area contributed by atoms with Crippen LogP contribution in [0.4, 0.5) is 4.39 Å². The van der Waals surface area contributed by atoms with Crippen LogP contribution in [0.3, 0.4) is 0 Å². The predicted octanol–water partition coefficient (Wildman–Crippen LogP) is 3.80. The quantitative estimate of drug-likeness (QED) is 0.635. The number of halogens is 1. The third-order valence-corrected chi connectivity index (χ3v) is 2.28. The van der Waals surface area contributed by atoms with Gasteiger partial charge in [0.15, 0.2) is 0 Å². The number of rotatable bonds is 1. The second-order valence-corrected chi connectivity index (χ2v) is 3.30. The molecular formula is C13H11F. The van der Waals surface area contributed by atoms with Gasteiger partial charge in [-0.2, -0.15) is 0 Å². The highest BCUT2D eigenvalue weighted by molar-refractivity contribution is 5.67. The first-order valence-electron chi connectivity index (χ1n) is 4.59. The molecule has 2 rings (SSSR count). The van der Waals surface area contributed by atoms with Crippen molar-refractivity contribution in [3.63, 3.8) is 0 Å². The van der Waals surface area contributed by atoms with Gasteiger partial charge >= 0.3 is 0 Å². The lowest BCUT2D eigenvalue weighted by Gasteiger charge is -2.06. The van der Waals surface area contributed by atoms with E-state index in [-0.39, 0.29) is 5.82 Å². The summed E-state index contributed by atoms with van der Waals surface area (Å²) in [6.45, 7) is 1.92. The van der Waals surface area contributed by atoms with E-state index in [1.165, 1.54) is 6.07 Å². The van der Waals surface area contributed by atoms with Gasteiger partial charge in [-0.15, -0.1) is 0 Å². The molecule has 70 valence electrons. The molecule has 14 heavy (non-hydrogen) atoms. The van der Waals surface area contributed by atoms with Crippen molar-refractivity contribution in [2.75, 3.05) is 0 Å². The van der Waals surface area contributed by atoms with Crippen LogP contribution in [0.25, 0.3) is 11.1 Å². The van der Waals surface area contributed by atoms with E-state index < -0.39 is 0 Å². The highest BCUT2D eigenvalue weighted by atomic mass is 19.1. The van der Waals surface area contributed by atoms with Gasteiger partial charge in [-0.1, -0.05) is 42.5 Å². The van der Waals surface area contributed by atoms with Crippen molar-refractivity contribution in [1.29, 1.82) is 0 Å². The predicted molar refractivity (Wildman–Crippen MR) is 56.6 cm³/mol. The summed E-state index contributed by atoms with van der Waals surface area (Å²) in [5.41, 5.74) is 2.60. The van der Waals surface area contributed by atoms with Crippen LogP contribution in [0.5, 0.6) is 0 Å². The fourth-order valence-electron chi connectivity index (χ4n) is 1.60. The van der Waals surface area contributed by atoms with Gasteiger partial charge < -0.3 is 0 Å². The second kappa shape index (κ2) is 3.62. The minimum Gasteiger partial charge on any atom is -0.206 e. The van der Waals surface area contributed by atoms with E-state index in [0.29, 0.717) is 5.56 Å². The fourth-order valence-corrected chi connectivity index (χ4v) is 1.60. The smallest absolute Gasteiger partial charge is 0.131 e. The van der Waals surface area contributed by atoms with Gasteiger partial charge in [0, 0.05) is 5.56 Å². The molecule has 1 heteroatoms. The molecule has 0 aliphatic heterocycles. The first-order chi connectivity index (χ1) is 6.79. The van der Waals surface area contributed by atoms with E-state index in [1.807, 2.05) is 43.3 Å². The summed E-state index contributed by atoms with van der Waals surface area (Å²) in [7, 11) is 0. The lowest BCUT2D eigenvalue weighted by Crippen LogP contribution is -1.87. The Hall–Kier alpha value is -1.63. The van der Waals surface area contributed by atoms with E-state index in [2.05, 4.69) is 0 Å². The minimum absolute atomic E-state index is 0.156. The maximum absolute atomic E-state index is 13.5. The van der Waals surface area contributed by atoms with Crippen molar-refractivity contribution in [3.05, 3.63) is 59.9 Å². The molecule has 0 saturated carbocycles. The topological polar surface area (TPSA) is 0 Å². The Bertz CT molecular complexity index is 412. The molecule has 0 saturated heterocycles. The molecule has 0 aromatic heterocycles. The molecule has 2 aromatic rings. The molecule has 0 aliphatic carbocycles. The summed E-state index contributed by atoms with van der Waals surface area (Å²) in [4.78, 5) is 0. The van der Waals surface area contributed by atoms with Crippen molar-refractivity contribution in [2.45, 2.75) is 6.92 Å². The van der Waals surface area contributed by atoms with Crippen LogP contribution < -0.4 is 0 Å². The summed E-state index contributed by atoms with van der Waals surface area (Å²) in [6, 6.07) is 14.8. The molecule has 0 unspecified atom stereocenters. The first kappa shape index (κ1) is 8.95. The van der Waals surface area contributed by atoms with E-state index in [4.69, 9.17) is 0 Å². The Morgan fingerprint density at radius 3 is 2.21 bits per heavy atom. The molecule has 0 heterocycles. The van der Waals surface area contributed by atoms with E-state index >= 15 is 0 Å². The van der Waals surface area contributed by atoms with Crippen LogP contribution in [0.1, 0.15) is 5.56 Å². The van der Waals surface area contributed by atoms with Crippen LogP contribution in [0.2, 0.25) is 0 Å². The molecule has 2 aromatic carbocycles. The average molecular weight is 186 g/mol. The summed E-state index contributed by atoms with van der Waals surface area (Å²) >= 11 is 0. The van der Waals surface area contributed by atoms with Crippen molar-refractivity contribution >= 4 is 0 Å². The monoisotopic (exact) mass is 186 g/mol. The van der Waals surface area contributed by atoms with E-state index in [9.17, 15) is 4.39 Å². The van der Waals surface area contributed by atoms with Gasteiger partial charge in [0.1, 0.15) is 5.82 Å². The number of benzene rings is 2. The first-order valence-corrected chi connectivity index (χ1v) is 4.59. The Morgan fingerprint density at radius 2 is 1.57 bits per heavy atom. The van der Waals surface area contributed by atoms with Crippen molar-refractivity contribution in [3.8, 4) is 11.1 Å². The van der Waals surface area contributed by atoms with Gasteiger partial charge in [0.25, 0.3) is 0 Å². The maximum atomic E-state index is 13.5. The normalized spacial score (nSPS) is 10.1. The van der Waals surface area contributed by atoms with E-state index in [0.717, 1.165) is 11.1 Å². The van der Waals surface area contributed by atoms with Crippen molar-refractivity contribution in [1.82, 2.24) is 0 Å². The molecule has 0 bridgehead atoms. The molecule has 0 spiro atoms. The zero-order valence-corrected chi connectivity index (χ0v) is 8.00. The maximum Gasteiger partial charge on any atom is 0.131 e. The Kier molecular flexibility index (Phi) is 2.32. The number of aryl methyl sites for hydroxylation is 1. The van der Waals surface area contributed by atoms with Gasteiger partial charge in [-0.25, -0.2) is 4.39 Å². The molecule has 0 fully saturated rings. The second-order valence-electron chi connectivity index (χ2n) is 3.30. The van der Waals surface area contributed by atoms with Crippen molar-refractivity contribution < 1.29 is 4.39 Å².